The summed E-state index contributed by atoms with van der Waals surface area (Å²) < 4.78 is 32.8. The van der Waals surface area contributed by atoms with Crippen LogP contribution in [0.5, 0.6) is 0 Å². The van der Waals surface area contributed by atoms with Crippen molar-refractivity contribution in [2.45, 2.75) is 6.54 Å². The molecular weight excluding hydrogens is 258 g/mol. The minimum absolute atomic E-state index is 0.0343. The number of nitrogens with zero attached hydrogens (tertiary/aromatic N) is 5. The molecule has 8 nitrogen and oxygen atoms in total. The van der Waals surface area contributed by atoms with Crippen LogP contribution in [0.15, 0.2) is 24.7 Å². The lowest BCUT2D eigenvalue weighted by molar-refractivity contribution is -0.750. The Morgan fingerprint density at radius 2 is 2.22 bits per heavy atom. The van der Waals surface area contributed by atoms with E-state index in [-0.39, 0.29) is 6.54 Å². The van der Waals surface area contributed by atoms with E-state index in [1.165, 1.54) is 9.48 Å². The van der Waals surface area contributed by atoms with Gasteiger partial charge in [0, 0.05) is 18.7 Å². The van der Waals surface area contributed by atoms with Crippen LogP contribution in [0.3, 0.4) is 0 Å². The van der Waals surface area contributed by atoms with Crippen molar-refractivity contribution in [3.63, 3.8) is 0 Å². The maximum Gasteiger partial charge on any atom is 0.197 e. The Morgan fingerprint density at radius 1 is 1.44 bits per heavy atom. The highest BCUT2D eigenvalue weighted by Gasteiger charge is 2.08. The third-order valence-corrected chi connectivity index (χ3v) is 2.92. The molecule has 2 aromatic rings. The van der Waals surface area contributed by atoms with Gasteiger partial charge in [0.25, 0.3) is 0 Å². The van der Waals surface area contributed by atoms with Gasteiger partial charge in [-0.25, -0.2) is 8.42 Å². The van der Waals surface area contributed by atoms with Gasteiger partial charge < -0.3 is 4.55 Å². The first-order valence-corrected chi connectivity index (χ1v) is 6.68. The number of aromatic nitrogens is 5. The summed E-state index contributed by atoms with van der Waals surface area (Å²) in [5.41, 5.74) is 1.44. The lowest BCUT2D eigenvalue weighted by Crippen LogP contribution is -2.40. The third kappa shape index (κ3) is 3.31. The van der Waals surface area contributed by atoms with E-state index in [4.69, 9.17) is 0 Å². The maximum atomic E-state index is 10.5. The number of aryl methyl sites for hydroxylation is 2. The van der Waals surface area contributed by atoms with Crippen LogP contribution in [-0.2, 0) is 23.7 Å². The van der Waals surface area contributed by atoms with Crippen molar-refractivity contribution in [1.29, 1.82) is 0 Å². The molecule has 0 aliphatic heterocycles. The Labute approximate surface area is 104 Å². The van der Waals surface area contributed by atoms with Gasteiger partial charge >= 0.3 is 0 Å². The Kier molecular flexibility index (Phi) is 3.34. The minimum atomic E-state index is -4.22. The van der Waals surface area contributed by atoms with Crippen LogP contribution in [0.4, 0.5) is 0 Å². The Morgan fingerprint density at radius 3 is 2.72 bits per heavy atom. The molecule has 18 heavy (non-hydrogen) atoms. The Bertz CT molecular complexity index is 634. The quantitative estimate of drug-likeness (QED) is 0.505. The predicted molar refractivity (Wildman–Crippen MR) is 59.0 cm³/mol. The molecule has 0 aliphatic rings. The van der Waals surface area contributed by atoms with Crippen molar-refractivity contribution < 1.29 is 17.7 Å². The monoisotopic (exact) mass is 269 g/mol. The number of hydrogen-bond acceptors (Lipinski definition) is 6. The molecule has 9 heteroatoms. The topological polar surface area (TPSA) is 105 Å². The molecule has 0 bridgehead atoms. The summed E-state index contributed by atoms with van der Waals surface area (Å²) in [5.74, 6) is -0.477. The molecule has 0 fully saturated rings. The number of hydrogen-bond donors (Lipinski definition) is 0. The molecule has 0 spiro atoms. The van der Waals surface area contributed by atoms with Crippen LogP contribution >= 0.6 is 0 Å². The van der Waals surface area contributed by atoms with E-state index in [1.807, 2.05) is 0 Å². The zero-order chi connectivity index (χ0) is 13.2. The highest BCUT2D eigenvalue weighted by molar-refractivity contribution is 7.85. The molecule has 0 amide bonds. The highest BCUT2D eigenvalue weighted by Crippen LogP contribution is 2.11. The first kappa shape index (κ1) is 12.6. The lowest BCUT2D eigenvalue weighted by atomic mass is 10.2. The zero-order valence-electron chi connectivity index (χ0n) is 9.59. The molecule has 0 unspecified atom stereocenters. The fourth-order valence-corrected chi connectivity index (χ4v) is 1.76. The smallest absolute Gasteiger partial charge is 0.197 e. The molecular formula is C9H11N5O3S. The predicted octanol–water partition coefficient (Wildman–Crippen LogP) is -1.29. The second-order valence-electron chi connectivity index (χ2n) is 3.66. The van der Waals surface area contributed by atoms with E-state index in [9.17, 15) is 13.0 Å². The van der Waals surface area contributed by atoms with Gasteiger partial charge in [-0.15, -0.1) is 0 Å². The van der Waals surface area contributed by atoms with Gasteiger partial charge in [-0.2, -0.15) is 15.0 Å². The van der Waals surface area contributed by atoms with E-state index in [0.717, 1.165) is 5.56 Å². The van der Waals surface area contributed by atoms with E-state index >= 15 is 0 Å². The molecule has 2 heterocycles. The second-order valence-corrected chi connectivity index (χ2v) is 5.18. The van der Waals surface area contributed by atoms with Gasteiger partial charge in [0.05, 0.1) is 11.9 Å². The van der Waals surface area contributed by atoms with E-state index in [1.54, 1.807) is 31.7 Å². The van der Waals surface area contributed by atoms with Gasteiger partial charge in [0.15, 0.2) is 12.7 Å². The SMILES string of the molecule is Cn1ncc(-c2cc[n+](CCS(=O)(=O)[O-])nc2)n1. The molecule has 0 saturated heterocycles. The van der Waals surface area contributed by atoms with Crippen LogP contribution < -0.4 is 4.68 Å². The molecule has 0 aromatic carbocycles. The van der Waals surface area contributed by atoms with Gasteiger partial charge in [-0.05, 0) is 5.10 Å². The van der Waals surface area contributed by atoms with Crippen molar-refractivity contribution in [1.82, 2.24) is 20.1 Å². The van der Waals surface area contributed by atoms with Crippen molar-refractivity contribution in [3.8, 4) is 11.3 Å². The standard InChI is InChI=1S/C9H11N5O3S/c1-13-10-7-9(12-13)8-2-3-14(11-6-8)4-5-18(15,16)17/h2-3,6-7H,4-5H2,1H3. The Hall–Kier alpha value is -1.87. The lowest BCUT2D eigenvalue weighted by Gasteiger charge is -2.02. The first-order valence-electron chi connectivity index (χ1n) is 5.10. The van der Waals surface area contributed by atoms with Gasteiger partial charge in [0.2, 0.25) is 0 Å². The van der Waals surface area contributed by atoms with Gasteiger partial charge in [-0.3, -0.25) is 0 Å². The summed E-state index contributed by atoms with van der Waals surface area (Å²) in [7, 11) is -2.51. The van der Waals surface area contributed by atoms with Crippen LogP contribution in [0.2, 0.25) is 0 Å². The third-order valence-electron chi connectivity index (χ3n) is 2.24. The molecule has 0 aliphatic carbocycles. The molecule has 0 saturated carbocycles. The summed E-state index contributed by atoms with van der Waals surface area (Å²) in [6.45, 7) is 0.0343. The van der Waals surface area contributed by atoms with Gasteiger partial charge in [0.1, 0.15) is 22.0 Å². The molecule has 0 N–H and O–H groups in total. The minimum Gasteiger partial charge on any atom is -0.748 e. The summed E-state index contributed by atoms with van der Waals surface area (Å²) in [6, 6.07) is 1.73. The Balaban J connectivity index is 2.10. The fourth-order valence-electron chi connectivity index (χ4n) is 1.35. The summed E-state index contributed by atoms with van der Waals surface area (Å²) in [6.07, 6.45) is 4.74. The van der Waals surface area contributed by atoms with Crippen molar-refractivity contribution in [3.05, 3.63) is 24.7 Å². The number of rotatable bonds is 4. The second kappa shape index (κ2) is 4.78. The maximum absolute atomic E-state index is 10.5. The summed E-state index contributed by atoms with van der Waals surface area (Å²) in [4.78, 5) is 1.43. The van der Waals surface area contributed by atoms with Crippen molar-refractivity contribution in [2.75, 3.05) is 5.75 Å². The van der Waals surface area contributed by atoms with Gasteiger partial charge in [-0.1, -0.05) is 4.68 Å². The molecule has 96 valence electrons. The summed E-state index contributed by atoms with van der Waals surface area (Å²) >= 11 is 0. The molecule has 2 rings (SSSR count). The van der Waals surface area contributed by atoms with Crippen LogP contribution in [-0.4, -0.2) is 38.8 Å². The van der Waals surface area contributed by atoms with E-state index in [0.29, 0.717) is 5.69 Å². The van der Waals surface area contributed by atoms with Crippen LogP contribution in [0.1, 0.15) is 0 Å². The normalized spacial score (nSPS) is 11.7. The van der Waals surface area contributed by atoms with Crippen molar-refractivity contribution in [2.24, 2.45) is 7.05 Å². The largest absolute Gasteiger partial charge is 0.748 e. The highest BCUT2D eigenvalue weighted by atomic mass is 32.2. The summed E-state index contributed by atoms with van der Waals surface area (Å²) in [5, 5.41) is 12.0. The molecule has 0 radical (unpaired) electrons. The van der Waals surface area contributed by atoms with Crippen LogP contribution in [0, 0.1) is 0 Å². The van der Waals surface area contributed by atoms with Crippen molar-refractivity contribution >= 4 is 10.1 Å². The first-order chi connectivity index (χ1) is 8.44. The average Bonchev–Trinajstić information content (AvgIpc) is 2.73. The average molecular weight is 269 g/mol. The molecule has 0 atom stereocenters. The zero-order valence-corrected chi connectivity index (χ0v) is 10.4. The molecule has 2 aromatic heterocycles. The van der Waals surface area contributed by atoms with Crippen LogP contribution in [0.25, 0.3) is 11.3 Å². The van der Waals surface area contributed by atoms with E-state index in [2.05, 4.69) is 15.3 Å². The van der Waals surface area contributed by atoms with E-state index < -0.39 is 15.9 Å². The fraction of sp³-hybridized carbons (Fsp3) is 0.333.